The van der Waals surface area contributed by atoms with E-state index >= 15 is 0 Å². The maximum atomic E-state index is 12.2. The first-order chi connectivity index (χ1) is 10.1. The van der Waals surface area contributed by atoms with E-state index in [0.29, 0.717) is 11.7 Å². The first-order valence-corrected chi connectivity index (χ1v) is 7.76. The summed E-state index contributed by atoms with van der Waals surface area (Å²) in [4.78, 5) is 26.0. The summed E-state index contributed by atoms with van der Waals surface area (Å²) in [5, 5.41) is 3.35. The Morgan fingerprint density at radius 2 is 2.19 bits per heavy atom. The molecule has 1 aliphatic rings. The van der Waals surface area contributed by atoms with Crippen LogP contribution in [0.15, 0.2) is 15.4 Å². The van der Waals surface area contributed by atoms with E-state index in [4.69, 9.17) is 4.52 Å². The normalized spacial score (nSPS) is 16.5. The molecule has 1 saturated heterocycles. The maximum Gasteiger partial charge on any atom is 0.290 e. The van der Waals surface area contributed by atoms with Crippen molar-refractivity contribution >= 4 is 5.91 Å². The van der Waals surface area contributed by atoms with Crippen molar-refractivity contribution in [1.82, 2.24) is 15.0 Å². The Bertz CT molecular complexity index is 514. The molecule has 0 amide bonds. The monoisotopic (exact) mass is 295 g/mol. The Morgan fingerprint density at radius 3 is 2.76 bits per heavy atom. The van der Waals surface area contributed by atoms with Gasteiger partial charge in [-0.15, -0.1) is 4.74 Å². The molecule has 0 aromatic carbocycles. The van der Waals surface area contributed by atoms with Crippen LogP contribution in [0.2, 0.25) is 0 Å². The standard InChI is InChI=1S/C15H25N3O3/c1-3-8-17(10-13-4-6-16-7-5-13)11-15(20)18-14(19)9-12(2)21-18/h9,13,16H,3-8,10-11H2,1-2H3. The average Bonchev–Trinajstić information content (AvgIpc) is 2.79. The smallest absolute Gasteiger partial charge is 0.290 e. The van der Waals surface area contributed by atoms with E-state index in [1.54, 1.807) is 6.92 Å². The molecule has 118 valence electrons. The quantitative estimate of drug-likeness (QED) is 0.851. The van der Waals surface area contributed by atoms with Crippen LogP contribution in [0.1, 0.15) is 36.7 Å². The van der Waals surface area contributed by atoms with Crippen molar-refractivity contribution in [2.45, 2.75) is 33.1 Å². The van der Waals surface area contributed by atoms with Crippen LogP contribution in [-0.2, 0) is 0 Å². The number of nitrogens with zero attached hydrogens (tertiary/aromatic N) is 2. The summed E-state index contributed by atoms with van der Waals surface area (Å²) in [5.74, 6) is 0.810. The largest absolute Gasteiger partial charge is 0.373 e. The summed E-state index contributed by atoms with van der Waals surface area (Å²) in [6.45, 7) is 7.89. The number of aromatic nitrogens is 1. The number of carbonyl (C=O) groups is 1. The van der Waals surface area contributed by atoms with Gasteiger partial charge in [0.05, 0.1) is 6.54 Å². The van der Waals surface area contributed by atoms with Crippen LogP contribution in [0.4, 0.5) is 0 Å². The molecule has 0 atom stereocenters. The van der Waals surface area contributed by atoms with E-state index in [1.165, 1.54) is 6.07 Å². The van der Waals surface area contributed by atoms with E-state index in [9.17, 15) is 9.59 Å². The highest BCUT2D eigenvalue weighted by Crippen LogP contribution is 2.13. The fourth-order valence-electron chi connectivity index (χ4n) is 2.86. The second-order valence-corrected chi connectivity index (χ2v) is 5.80. The highest BCUT2D eigenvalue weighted by atomic mass is 16.5. The molecule has 0 saturated carbocycles. The predicted molar refractivity (Wildman–Crippen MR) is 80.7 cm³/mol. The van der Waals surface area contributed by atoms with Gasteiger partial charge in [-0.1, -0.05) is 6.92 Å². The van der Waals surface area contributed by atoms with Gasteiger partial charge in [-0.05, 0) is 51.7 Å². The number of hydrogen-bond acceptors (Lipinski definition) is 5. The highest BCUT2D eigenvalue weighted by Gasteiger charge is 2.20. The highest BCUT2D eigenvalue weighted by molar-refractivity contribution is 5.79. The van der Waals surface area contributed by atoms with Crippen molar-refractivity contribution in [3.8, 4) is 0 Å². The SMILES string of the molecule is CCCN(CC(=O)n1oc(C)cc1=O)CC1CCNCC1. The van der Waals surface area contributed by atoms with Gasteiger partial charge < -0.3 is 9.84 Å². The summed E-state index contributed by atoms with van der Waals surface area (Å²) in [6, 6.07) is 1.34. The van der Waals surface area contributed by atoms with Crippen LogP contribution in [-0.4, -0.2) is 48.3 Å². The predicted octanol–water partition coefficient (Wildman–Crippen LogP) is 1.10. The number of aryl methyl sites for hydroxylation is 1. The summed E-state index contributed by atoms with van der Waals surface area (Å²) in [5.41, 5.74) is -0.379. The molecule has 1 aromatic rings. The van der Waals surface area contributed by atoms with E-state index in [0.717, 1.165) is 50.2 Å². The fraction of sp³-hybridized carbons (Fsp3) is 0.733. The minimum Gasteiger partial charge on any atom is -0.373 e. The number of carbonyl (C=O) groups excluding carboxylic acids is 1. The van der Waals surface area contributed by atoms with Crippen molar-refractivity contribution < 1.29 is 9.32 Å². The Hall–Kier alpha value is -1.40. The summed E-state index contributed by atoms with van der Waals surface area (Å²) in [7, 11) is 0. The number of hydrogen-bond donors (Lipinski definition) is 1. The third-order valence-corrected chi connectivity index (χ3v) is 3.86. The molecule has 21 heavy (non-hydrogen) atoms. The van der Waals surface area contributed by atoms with Crippen LogP contribution in [0, 0.1) is 12.8 Å². The van der Waals surface area contributed by atoms with Crippen LogP contribution < -0.4 is 10.9 Å². The van der Waals surface area contributed by atoms with Gasteiger partial charge in [-0.3, -0.25) is 14.5 Å². The lowest BCUT2D eigenvalue weighted by Gasteiger charge is -2.29. The molecule has 2 rings (SSSR count). The van der Waals surface area contributed by atoms with Gasteiger partial charge in [0.25, 0.3) is 11.5 Å². The fourth-order valence-corrected chi connectivity index (χ4v) is 2.86. The van der Waals surface area contributed by atoms with Crippen molar-refractivity contribution in [2.75, 3.05) is 32.7 Å². The van der Waals surface area contributed by atoms with Gasteiger partial charge in [0.1, 0.15) is 5.76 Å². The Kier molecular flexibility index (Phi) is 5.76. The molecule has 0 bridgehead atoms. The van der Waals surface area contributed by atoms with E-state index < -0.39 is 0 Å². The molecular formula is C15H25N3O3. The molecule has 6 heteroatoms. The van der Waals surface area contributed by atoms with Crippen molar-refractivity contribution in [1.29, 1.82) is 0 Å². The molecule has 0 aliphatic carbocycles. The third-order valence-electron chi connectivity index (χ3n) is 3.86. The Morgan fingerprint density at radius 1 is 1.48 bits per heavy atom. The van der Waals surface area contributed by atoms with E-state index in [-0.39, 0.29) is 18.0 Å². The Labute approximate surface area is 125 Å². The molecule has 1 aliphatic heterocycles. The lowest BCUT2D eigenvalue weighted by molar-refractivity contribution is 0.0697. The summed E-state index contributed by atoms with van der Waals surface area (Å²) in [6.07, 6.45) is 3.28. The van der Waals surface area contributed by atoms with E-state index in [2.05, 4.69) is 17.1 Å². The van der Waals surface area contributed by atoms with Crippen LogP contribution in [0.3, 0.4) is 0 Å². The van der Waals surface area contributed by atoms with Crippen LogP contribution in [0.5, 0.6) is 0 Å². The second-order valence-electron chi connectivity index (χ2n) is 5.80. The molecule has 1 N–H and O–H groups in total. The molecule has 0 radical (unpaired) electrons. The molecule has 6 nitrogen and oxygen atoms in total. The van der Waals surface area contributed by atoms with Crippen molar-refractivity contribution in [3.63, 3.8) is 0 Å². The van der Waals surface area contributed by atoms with Crippen molar-refractivity contribution in [3.05, 3.63) is 22.2 Å². The van der Waals surface area contributed by atoms with Gasteiger partial charge in [-0.25, -0.2) is 0 Å². The van der Waals surface area contributed by atoms with E-state index in [1.807, 2.05) is 0 Å². The average molecular weight is 295 g/mol. The zero-order chi connectivity index (χ0) is 15.2. The molecule has 0 unspecified atom stereocenters. The number of nitrogens with one attached hydrogen (secondary N) is 1. The van der Waals surface area contributed by atoms with Gasteiger partial charge in [0.15, 0.2) is 0 Å². The summed E-state index contributed by atoms with van der Waals surface area (Å²) >= 11 is 0. The van der Waals surface area contributed by atoms with Gasteiger partial charge in [-0.2, -0.15) is 0 Å². The van der Waals surface area contributed by atoms with Gasteiger partial charge in [0, 0.05) is 12.6 Å². The number of piperidine rings is 1. The minimum atomic E-state index is -0.379. The molecule has 1 aromatic heterocycles. The molecular weight excluding hydrogens is 270 g/mol. The zero-order valence-corrected chi connectivity index (χ0v) is 12.9. The topological polar surface area (TPSA) is 67.5 Å². The first-order valence-electron chi connectivity index (χ1n) is 7.76. The second kappa shape index (κ2) is 7.56. The lowest BCUT2D eigenvalue weighted by atomic mass is 9.97. The van der Waals surface area contributed by atoms with Gasteiger partial charge >= 0.3 is 0 Å². The minimum absolute atomic E-state index is 0.241. The zero-order valence-electron chi connectivity index (χ0n) is 12.9. The molecule has 2 heterocycles. The third kappa shape index (κ3) is 4.54. The van der Waals surface area contributed by atoms with Crippen LogP contribution in [0.25, 0.3) is 0 Å². The molecule has 0 spiro atoms. The summed E-state index contributed by atoms with van der Waals surface area (Å²) < 4.78 is 6.04. The van der Waals surface area contributed by atoms with Crippen molar-refractivity contribution in [2.24, 2.45) is 5.92 Å². The van der Waals surface area contributed by atoms with Gasteiger partial charge in [0.2, 0.25) is 0 Å². The van der Waals surface area contributed by atoms with Crippen LogP contribution >= 0.6 is 0 Å². The molecule has 1 fully saturated rings. The Balaban J connectivity index is 1.96. The first kappa shape index (κ1) is 16.0. The number of rotatable bonds is 6. The lowest BCUT2D eigenvalue weighted by Crippen LogP contribution is -2.41. The maximum absolute atomic E-state index is 12.2.